The minimum absolute atomic E-state index is 0.0739. The second kappa shape index (κ2) is 6.11. The van der Waals surface area contributed by atoms with Gasteiger partial charge in [0.25, 0.3) is 11.9 Å². The number of hydrogen-bond acceptors (Lipinski definition) is 2. The summed E-state index contributed by atoms with van der Waals surface area (Å²) in [5.41, 5.74) is 1.03. The van der Waals surface area contributed by atoms with E-state index in [0.717, 1.165) is 12.0 Å². The second-order valence-corrected chi connectivity index (χ2v) is 4.63. The average Bonchev–Trinajstić information content (AvgIpc) is 2.49. The topological polar surface area (TPSA) is 22.1 Å². The highest BCUT2D eigenvalue weighted by atomic mass is 19.2. The Balaban J connectivity index is 2.31. The third-order valence-electron chi connectivity index (χ3n) is 3.24. The first-order valence-corrected chi connectivity index (χ1v) is 6.41. The van der Waals surface area contributed by atoms with Crippen molar-refractivity contribution in [3.63, 3.8) is 0 Å². The van der Waals surface area contributed by atoms with Crippen molar-refractivity contribution in [2.75, 3.05) is 0 Å². The molecular formula is C15H13F4NO. The molecule has 0 aliphatic carbocycles. The van der Waals surface area contributed by atoms with E-state index in [-0.39, 0.29) is 5.75 Å². The van der Waals surface area contributed by atoms with Crippen molar-refractivity contribution in [2.24, 2.45) is 0 Å². The quantitative estimate of drug-likeness (QED) is 0.589. The van der Waals surface area contributed by atoms with Gasteiger partial charge in [-0.3, -0.25) is 0 Å². The summed E-state index contributed by atoms with van der Waals surface area (Å²) in [6.07, 6.45) is 0.935. The summed E-state index contributed by atoms with van der Waals surface area (Å²) in [7, 11) is 0. The lowest BCUT2D eigenvalue weighted by Gasteiger charge is -2.11. The number of halogens is 4. The summed E-state index contributed by atoms with van der Waals surface area (Å²) in [5, 5.41) is 0. The minimum atomic E-state index is -1.75. The summed E-state index contributed by atoms with van der Waals surface area (Å²) < 4.78 is 57.7. The van der Waals surface area contributed by atoms with Gasteiger partial charge in [-0.15, -0.1) is 0 Å². The number of nitrogens with zero attached hydrogens (tertiary/aromatic N) is 1. The molecule has 0 aliphatic heterocycles. The molecule has 0 bridgehead atoms. The van der Waals surface area contributed by atoms with Crippen LogP contribution in [0.5, 0.6) is 11.5 Å². The van der Waals surface area contributed by atoms with Crippen LogP contribution in [-0.4, -0.2) is 4.98 Å². The van der Waals surface area contributed by atoms with Gasteiger partial charge in [0.2, 0.25) is 17.4 Å². The van der Waals surface area contributed by atoms with E-state index >= 15 is 0 Å². The molecule has 1 atom stereocenters. The molecule has 0 saturated carbocycles. The predicted molar refractivity (Wildman–Crippen MR) is 69.3 cm³/mol. The van der Waals surface area contributed by atoms with Crippen LogP contribution in [0.2, 0.25) is 0 Å². The number of hydrogen-bond donors (Lipinski definition) is 0. The van der Waals surface area contributed by atoms with Crippen LogP contribution in [0.3, 0.4) is 0 Å². The first-order chi connectivity index (χ1) is 9.93. The highest BCUT2D eigenvalue weighted by Gasteiger charge is 2.22. The Hall–Kier alpha value is -2.11. The number of pyridine rings is 1. The van der Waals surface area contributed by atoms with Gasteiger partial charge >= 0.3 is 0 Å². The summed E-state index contributed by atoms with van der Waals surface area (Å²) in [4.78, 5) is 2.46. The van der Waals surface area contributed by atoms with Crippen LogP contribution in [0.4, 0.5) is 17.6 Å². The Kier molecular flexibility index (Phi) is 4.45. The molecule has 1 heterocycles. The molecule has 1 unspecified atom stereocenters. The second-order valence-electron chi connectivity index (χ2n) is 4.63. The fraction of sp³-hybridized carbons (Fsp3) is 0.267. The van der Waals surface area contributed by atoms with Crippen molar-refractivity contribution in [1.29, 1.82) is 0 Å². The lowest BCUT2D eigenvalue weighted by molar-refractivity contribution is 0.343. The Morgan fingerprint density at radius 2 is 1.52 bits per heavy atom. The molecule has 2 nitrogen and oxygen atoms in total. The lowest BCUT2D eigenvalue weighted by atomic mass is 9.99. The molecule has 0 aliphatic rings. The maximum Gasteiger partial charge on any atom is 0.255 e. The van der Waals surface area contributed by atoms with Crippen LogP contribution < -0.4 is 4.74 Å². The van der Waals surface area contributed by atoms with Crippen molar-refractivity contribution in [2.45, 2.75) is 26.2 Å². The molecule has 0 radical (unpaired) electrons. The fourth-order valence-electron chi connectivity index (χ4n) is 1.78. The van der Waals surface area contributed by atoms with Gasteiger partial charge in [0.15, 0.2) is 0 Å². The molecule has 0 amide bonds. The number of rotatable bonds is 4. The summed E-state index contributed by atoms with van der Waals surface area (Å²) in [5.74, 6) is -7.58. The van der Waals surface area contributed by atoms with E-state index in [1.54, 1.807) is 12.1 Å². The Bertz CT molecular complexity index is 617. The third kappa shape index (κ3) is 3.15. The number of benzene rings is 1. The molecule has 1 aromatic carbocycles. The van der Waals surface area contributed by atoms with E-state index in [0.29, 0.717) is 5.92 Å². The molecule has 21 heavy (non-hydrogen) atoms. The Morgan fingerprint density at radius 3 is 2.00 bits per heavy atom. The van der Waals surface area contributed by atoms with Crippen LogP contribution in [-0.2, 0) is 0 Å². The molecule has 0 N–H and O–H groups in total. The van der Waals surface area contributed by atoms with Crippen LogP contribution >= 0.6 is 0 Å². The monoisotopic (exact) mass is 299 g/mol. The number of ether oxygens (including phenoxy) is 1. The zero-order valence-electron chi connectivity index (χ0n) is 11.5. The van der Waals surface area contributed by atoms with Gasteiger partial charge in [-0.05, 0) is 30.0 Å². The summed E-state index contributed by atoms with van der Waals surface area (Å²) in [6.45, 7) is 4.06. The van der Waals surface area contributed by atoms with Crippen molar-refractivity contribution in [3.8, 4) is 11.5 Å². The maximum absolute atomic E-state index is 13.4. The summed E-state index contributed by atoms with van der Waals surface area (Å²) in [6, 6.07) is 6.42. The standard InChI is InChI=1S/C15H13F4NO/c1-3-8(2)9-4-6-10(7-5-9)21-13-11(16)14(18)20-15(19)12(13)17/h4-8H,3H2,1-2H3. The van der Waals surface area contributed by atoms with E-state index in [1.807, 2.05) is 13.8 Å². The van der Waals surface area contributed by atoms with E-state index in [2.05, 4.69) is 4.98 Å². The van der Waals surface area contributed by atoms with Crippen molar-refractivity contribution in [1.82, 2.24) is 4.98 Å². The highest BCUT2D eigenvalue weighted by molar-refractivity contribution is 5.35. The average molecular weight is 299 g/mol. The predicted octanol–water partition coefficient (Wildman–Crippen LogP) is 4.94. The van der Waals surface area contributed by atoms with Crippen molar-refractivity contribution in [3.05, 3.63) is 53.4 Å². The van der Waals surface area contributed by atoms with E-state index in [9.17, 15) is 17.6 Å². The molecule has 2 aromatic rings. The summed E-state index contributed by atoms with van der Waals surface area (Å²) >= 11 is 0. The molecule has 0 spiro atoms. The van der Waals surface area contributed by atoms with Gasteiger partial charge < -0.3 is 4.74 Å². The first kappa shape index (κ1) is 15.3. The SMILES string of the molecule is CCC(C)c1ccc(Oc2c(F)c(F)nc(F)c2F)cc1. The normalized spacial score (nSPS) is 12.3. The molecule has 2 rings (SSSR count). The number of aromatic nitrogens is 1. The van der Waals surface area contributed by atoms with Gasteiger partial charge in [-0.2, -0.15) is 22.5 Å². The van der Waals surface area contributed by atoms with Crippen LogP contribution in [0.1, 0.15) is 31.7 Å². The molecule has 0 saturated heterocycles. The van der Waals surface area contributed by atoms with Crippen LogP contribution in [0, 0.1) is 23.5 Å². The Labute approximate surface area is 119 Å². The molecule has 1 aromatic heterocycles. The highest BCUT2D eigenvalue weighted by Crippen LogP contribution is 2.30. The third-order valence-corrected chi connectivity index (χ3v) is 3.24. The van der Waals surface area contributed by atoms with Crippen LogP contribution in [0.25, 0.3) is 0 Å². The van der Waals surface area contributed by atoms with E-state index in [4.69, 9.17) is 4.74 Å². The minimum Gasteiger partial charge on any atom is -0.451 e. The van der Waals surface area contributed by atoms with E-state index < -0.39 is 29.3 Å². The smallest absolute Gasteiger partial charge is 0.255 e. The molecule has 0 fully saturated rings. The maximum atomic E-state index is 13.4. The van der Waals surface area contributed by atoms with Gasteiger partial charge in [-0.1, -0.05) is 26.0 Å². The van der Waals surface area contributed by atoms with Crippen molar-refractivity contribution < 1.29 is 22.3 Å². The zero-order chi connectivity index (χ0) is 15.6. The molecular weight excluding hydrogens is 286 g/mol. The van der Waals surface area contributed by atoms with E-state index in [1.165, 1.54) is 12.1 Å². The van der Waals surface area contributed by atoms with Crippen molar-refractivity contribution >= 4 is 0 Å². The lowest BCUT2D eigenvalue weighted by Crippen LogP contribution is -2.03. The first-order valence-electron chi connectivity index (χ1n) is 6.41. The Morgan fingerprint density at radius 1 is 1.00 bits per heavy atom. The van der Waals surface area contributed by atoms with Gasteiger partial charge in [-0.25, -0.2) is 0 Å². The van der Waals surface area contributed by atoms with Crippen LogP contribution in [0.15, 0.2) is 24.3 Å². The van der Waals surface area contributed by atoms with Gasteiger partial charge in [0.05, 0.1) is 0 Å². The molecule has 6 heteroatoms. The van der Waals surface area contributed by atoms with Gasteiger partial charge in [0.1, 0.15) is 5.75 Å². The molecule has 112 valence electrons. The van der Waals surface area contributed by atoms with Gasteiger partial charge in [0, 0.05) is 0 Å². The zero-order valence-corrected chi connectivity index (χ0v) is 11.5. The largest absolute Gasteiger partial charge is 0.451 e. The fourth-order valence-corrected chi connectivity index (χ4v) is 1.78.